The van der Waals surface area contributed by atoms with Crippen molar-refractivity contribution in [2.24, 2.45) is 5.92 Å². The lowest BCUT2D eigenvalue weighted by Crippen LogP contribution is -2.23. The van der Waals surface area contributed by atoms with E-state index in [9.17, 15) is 9.59 Å². The fourth-order valence-corrected chi connectivity index (χ4v) is 1.55. The van der Waals surface area contributed by atoms with Crippen LogP contribution < -0.4 is 5.32 Å². The standard InChI is InChI=1S/C8H8O2.C6H9NO2/c9-7-10-6-8-4-2-1-3-5-8;1-2-4-3-7-6(9)5(4)8/h1-5,7H,6H2;2,4-5,8H,1,3H2,(H,7,9)/t;4-,5-/m.0/s1. The Morgan fingerprint density at radius 3 is 2.53 bits per heavy atom. The fourth-order valence-electron chi connectivity index (χ4n) is 1.55. The van der Waals surface area contributed by atoms with Gasteiger partial charge in [0, 0.05) is 12.5 Å². The maximum atomic E-state index is 10.5. The minimum Gasteiger partial charge on any atom is -0.463 e. The lowest BCUT2D eigenvalue weighted by atomic mass is 10.1. The van der Waals surface area contributed by atoms with Crippen LogP contribution in [0.3, 0.4) is 0 Å². The molecule has 0 aromatic heterocycles. The first-order valence-corrected chi connectivity index (χ1v) is 5.86. The minimum atomic E-state index is -0.873. The van der Waals surface area contributed by atoms with Gasteiger partial charge in [0.25, 0.3) is 6.47 Å². The molecule has 0 aliphatic carbocycles. The minimum absolute atomic E-state index is 0.0995. The molecular weight excluding hydrogens is 246 g/mol. The van der Waals surface area contributed by atoms with E-state index in [2.05, 4.69) is 16.6 Å². The summed E-state index contributed by atoms with van der Waals surface area (Å²) in [6.45, 7) is 4.81. The highest BCUT2D eigenvalue weighted by molar-refractivity contribution is 5.83. The first-order valence-electron chi connectivity index (χ1n) is 5.86. The van der Waals surface area contributed by atoms with Crippen molar-refractivity contribution >= 4 is 12.4 Å². The Labute approximate surface area is 111 Å². The van der Waals surface area contributed by atoms with Gasteiger partial charge < -0.3 is 15.2 Å². The molecule has 1 amide bonds. The average molecular weight is 263 g/mol. The number of hydrogen-bond acceptors (Lipinski definition) is 4. The Balaban J connectivity index is 0.000000191. The van der Waals surface area contributed by atoms with Crippen LogP contribution in [-0.2, 0) is 20.9 Å². The average Bonchev–Trinajstić information content (AvgIpc) is 2.78. The summed E-state index contributed by atoms with van der Waals surface area (Å²) >= 11 is 0. The molecule has 1 aliphatic rings. The maximum Gasteiger partial charge on any atom is 0.293 e. The number of rotatable bonds is 4. The third kappa shape index (κ3) is 4.93. The van der Waals surface area contributed by atoms with Crippen LogP contribution in [0, 0.1) is 5.92 Å². The molecule has 1 aliphatic heterocycles. The van der Waals surface area contributed by atoms with Crippen molar-refractivity contribution in [1.82, 2.24) is 5.32 Å². The second-order valence-electron chi connectivity index (χ2n) is 3.98. The van der Waals surface area contributed by atoms with Crippen molar-refractivity contribution in [3.63, 3.8) is 0 Å². The van der Waals surface area contributed by atoms with Gasteiger partial charge in [-0.3, -0.25) is 9.59 Å². The summed E-state index contributed by atoms with van der Waals surface area (Å²) in [5, 5.41) is 11.5. The second-order valence-corrected chi connectivity index (χ2v) is 3.98. The number of carbonyl (C=O) groups is 2. The van der Waals surface area contributed by atoms with Crippen LogP contribution in [0.1, 0.15) is 5.56 Å². The van der Waals surface area contributed by atoms with Gasteiger partial charge in [-0.15, -0.1) is 6.58 Å². The Morgan fingerprint density at radius 1 is 1.42 bits per heavy atom. The van der Waals surface area contributed by atoms with Crippen LogP contribution in [0.25, 0.3) is 0 Å². The molecule has 2 atom stereocenters. The molecule has 0 saturated carbocycles. The van der Waals surface area contributed by atoms with Crippen molar-refractivity contribution in [1.29, 1.82) is 0 Å². The van der Waals surface area contributed by atoms with Gasteiger partial charge in [0.15, 0.2) is 0 Å². The zero-order chi connectivity index (χ0) is 14.1. The van der Waals surface area contributed by atoms with Crippen molar-refractivity contribution in [3.8, 4) is 0 Å². The highest BCUT2D eigenvalue weighted by Crippen LogP contribution is 2.09. The molecule has 102 valence electrons. The van der Waals surface area contributed by atoms with E-state index in [0.29, 0.717) is 19.6 Å². The van der Waals surface area contributed by atoms with E-state index < -0.39 is 6.10 Å². The third-order valence-electron chi connectivity index (χ3n) is 2.65. The molecule has 0 unspecified atom stereocenters. The number of carbonyl (C=O) groups excluding carboxylic acids is 2. The van der Waals surface area contributed by atoms with E-state index in [1.54, 1.807) is 6.08 Å². The molecule has 1 heterocycles. The first kappa shape index (κ1) is 14.9. The van der Waals surface area contributed by atoms with Crippen LogP contribution in [0.4, 0.5) is 0 Å². The molecule has 0 bridgehead atoms. The number of aliphatic hydroxyl groups excluding tert-OH is 1. The van der Waals surface area contributed by atoms with Gasteiger partial charge in [0.05, 0.1) is 0 Å². The number of aliphatic hydroxyl groups is 1. The molecule has 0 spiro atoms. The van der Waals surface area contributed by atoms with Gasteiger partial charge in [0.2, 0.25) is 5.91 Å². The molecule has 1 aromatic carbocycles. The Bertz CT molecular complexity index is 419. The molecule has 1 fully saturated rings. The van der Waals surface area contributed by atoms with Gasteiger partial charge in [-0.05, 0) is 5.56 Å². The topological polar surface area (TPSA) is 75.6 Å². The summed E-state index contributed by atoms with van der Waals surface area (Å²) in [4.78, 5) is 20.3. The third-order valence-corrected chi connectivity index (χ3v) is 2.65. The Kier molecular flexibility index (Phi) is 6.32. The van der Waals surface area contributed by atoms with Crippen LogP contribution >= 0.6 is 0 Å². The van der Waals surface area contributed by atoms with Gasteiger partial charge in [-0.1, -0.05) is 36.4 Å². The first-order chi connectivity index (χ1) is 9.19. The molecule has 1 saturated heterocycles. The van der Waals surface area contributed by atoms with Crippen LogP contribution in [-0.4, -0.2) is 30.1 Å². The van der Waals surface area contributed by atoms with E-state index in [4.69, 9.17) is 5.11 Å². The number of amides is 1. The molecule has 5 heteroatoms. The van der Waals surface area contributed by atoms with Crippen molar-refractivity contribution in [2.75, 3.05) is 6.54 Å². The summed E-state index contributed by atoms with van der Waals surface area (Å²) in [6, 6.07) is 9.55. The lowest BCUT2D eigenvalue weighted by Gasteiger charge is -2.02. The predicted octanol–water partition coefficient (Wildman–Crippen LogP) is 0.639. The largest absolute Gasteiger partial charge is 0.463 e. The van der Waals surface area contributed by atoms with Gasteiger partial charge >= 0.3 is 0 Å². The number of ether oxygens (including phenoxy) is 1. The summed E-state index contributed by atoms with van der Waals surface area (Å²) in [5.41, 5.74) is 1.01. The zero-order valence-corrected chi connectivity index (χ0v) is 10.5. The normalized spacial score (nSPS) is 20.8. The molecule has 2 N–H and O–H groups in total. The van der Waals surface area contributed by atoms with E-state index in [1.165, 1.54) is 0 Å². The van der Waals surface area contributed by atoms with Gasteiger partial charge in [-0.2, -0.15) is 0 Å². The predicted molar refractivity (Wildman–Crippen MR) is 70.0 cm³/mol. The highest BCUT2D eigenvalue weighted by atomic mass is 16.5. The second kappa shape index (κ2) is 8.05. The molecule has 19 heavy (non-hydrogen) atoms. The van der Waals surface area contributed by atoms with Crippen molar-refractivity contribution < 1.29 is 19.4 Å². The van der Waals surface area contributed by atoms with Crippen LogP contribution in [0.2, 0.25) is 0 Å². The molecule has 0 radical (unpaired) electrons. The van der Waals surface area contributed by atoms with Gasteiger partial charge in [0.1, 0.15) is 12.7 Å². The number of hydrogen-bond donors (Lipinski definition) is 2. The quantitative estimate of drug-likeness (QED) is 0.617. The summed E-state index contributed by atoms with van der Waals surface area (Å²) in [6.07, 6.45) is 0.713. The van der Waals surface area contributed by atoms with E-state index >= 15 is 0 Å². The monoisotopic (exact) mass is 263 g/mol. The zero-order valence-electron chi connectivity index (χ0n) is 10.5. The molecule has 2 rings (SSSR count). The van der Waals surface area contributed by atoms with E-state index in [1.807, 2.05) is 30.3 Å². The van der Waals surface area contributed by atoms with Crippen molar-refractivity contribution in [2.45, 2.75) is 12.7 Å². The Morgan fingerprint density at radius 2 is 2.11 bits per heavy atom. The molecular formula is C14H17NO4. The smallest absolute Gasteiger partial charge is 0.293 e. The summed E-state index contributed by atoms with van der Waals surface area (Å²) in [5.74, 6) is -0.391. The van der Waals surface area contributed by atoms with Crippen molar-refractivity contribution in [3.05, 3.63) is 48.6 Å². The molecule has 5 nitrogen and oxygen atoms in total. The number of benzene rings is 1. The summed E-state index contributed by atoms with van der Waals surface area (Å²) in [7, 11) is 0. The summed E-state index contributed by atoms with van der Waals surface area (Å²) < 4.78 is 4.54. The SMILES string of the molecule is C=C[C@H]1CNC(=O)[C@H]1O.O=COCc1ccccc1. The number of nitrogens with one attached hydrogen (secondary N) is 1. The lowest BCUT2D eigenvalue weighted by molar-refractivity contribution is -0.129. The molecule has 1 aromatic rings. The van der Waals surface area contributed by atoms with E-state index in [0.717, 1.165) is 5.56 Å². The van der Waals surface area contributed by atoms with Gasteiger partial charge in [-0.25, -0.2) is 0 Å². The highest BCUT2D eigenvalue weighted by Gasteiger charge is 2.29. The maximum absolute atomic E-state index is 10.5. The van der Waals surface area contributed by atoms with Crippen LogP contribution in [0.15, 0.2) is 43.0 Å². The fraction of sp³-hybridized carbons (Fsp3) is 0.286. The van der Waals surface area contributed by atoms with Crippen LogP contribution in [0.5, 0.6) is 0 Å². The Hall–Kier alpha value is -2.14. The van der Waals surface area contributed by atoms with E-state index in [-0.39, 0.29) is 11.8 Å².